The SMILES string of the molecule is CC1(C)CN(c2cc3c(cc2N)CCC(=O)N3)CCO1. The van der Waals surface area contributed by atoms with E-state index in [1.807, 2.05) is 12.1 Å². The van der Waals surface area contributed by atoms with Gasteiger partial charge in [-0.3, -0.25) is 4.79 Å². The molecule has 1 fully saturated rings. The molecular weight excluding hydrogens is 254 g/mol. The number of rotatable bonds is 1. The van der Waals surface area contributed by atoms with Crippen LogP contribution in [0.4, 0.5) is 17.1 Å². The van der Waals surface area contributed by atoms with E-state index in [4.69, 9.17) is 10.5 Å². The van der Waals surface area contributed by atoms with E-state index < -0.39 is 0 Å². The van der Waals surface area contributed by atoms with Gasteiger partial charge in [0.2, 0.25) is 5.91 Å². The Morgan fingerprint density at radius 1 is 1.35 bits per heavy atom. The van der Waals surface area contributed by atoms with E-state index in [2.05, 4.69) is 24.1 Å². The van der Waals surface area contributed by atoms with Crippen molar-refractivity contribution in [1.29, 1.82) is 0 Å². The highest BCUT2D eigenvalue weighted by Gasteiger charge is 2.29. The average Bonchev–Trinajstić information content (AvgIpc) is 2.37. The largest absolute Gasteiger partial charge is 0.397 e. The van der Waals surface area contributed by atoms with Crippen molar-refractivity contribution in [3.05, 3.63) is 17.7 Å². The van der Waals surface area contributed by atoms with Crippen LogP contribution >= 0.6 is 0 Å². The molecule has 1 amide bonds. The zero-order valence-electron chi connectivity index (χ0n) is 12.0. The minimum absolute atomic E-state index is 0.0792. The first kappa shape index (κ1) is 13.2. The quantitative estimate of drug-likeness (QED) is 0.767. The number of nitrogens with one attached hydrogen (secondary N) is 1. The number of ether oxygens (including phenoxy) is 1. The molecule has 0 atom stereocenters. The van der Waals surface area contributed by atoms with Gasteiger partial charge < -0.3 is 20.7 Å². The van der Waals surface area contributed by atoms with Crippen molar-refractivity contribution in [2.24, 2.45) is 0 Å². The Bertz CT molecular complexity index is 554. The number of anilines is 3. The van der Waals surface area contributed by atoms with Gasteiger partial charge in [0.05, 0.1) is 23.6 Å². The minimum Gasteiger partial charge on any atom is -0.397 e. The maximum absolute atomic E-state index is 11.5. The molecule has 2 heterocycles. The van der Waals surface area contributed by atoms with Crippen LogP contribution in [0.25, 0.3) is 0 Å². The number of nitrogens with two attached hydrogens (primary N) is 1. The van der Waals surface area contributed by atoms with Crippen molar-refractivity contribution >= 4 is 23.0 Å². The van der Waals surface area contributed by atoms with E-state index in [1.165, 1.54) is 0 Å². The highest BCUT2D eigenvalue weighted by atomic mass is 16.5. The van der Waals surface area contributed by atoms with Gasteiger partial charge in [-0.15, -0.1) is 0 Å². The molecule has 2 aliphatic rings. The summed E-state index contributed by atoms with van der Waals surface area (Å²) in [5.41, 5.74) is 9.81. The predicted molar refractivity (Wildman–Crippen MR) is 80.0 cm³/mol. The Morgan fingerprint density at radius 3 is 2.90 bits per heavy atom. The molecule has 3 rings (SSSR count). The van der Waals surface area contributed by atoms with Crippen LogP contribution in [0.3, 0.4) is 0 Å². The summed E-state index contributed by atoms with van der Waals surface area (Å²) in [5.74, 6) is 0.0792. The molecule has 0 spiro atoms. The van der Waals surface area contributed by atoms with Crippen LogP contribution in [0, 0.1) is 0 Å². The van der Waals surface area contributed by atoms with Gasteiger partial charge in [0.1, 0.15) is 0 Å². The van der Waals surface area contributed by atoms with Crippen LogP contribution in [-0.2, 0) is 16.0 Å². The van der Waals surface area contributed by atoms with Crippen LogP contribution in [0.1, 0.15) is 25.8 Å². The van der Waals surface area contributed by atoms with Crippen LogP contribution in [0.5, 0.6) is 0 Å². The van der Waals surface area contributed by atoms with Crippen LogP contribution in [0.2, 0.25) is 0 Å². The molecule has 1 aromatic carbocycles. The molecule has 108 valence electrons. The zero-order valence-corrected chi connectivity index (χ0v) is 12.0. The predicted octanol–water partition coefficient (Wildman–Crippen LogP) is 1.77. The van der Waals surface area contributed by atoms with E-state index in [1.54, 1.807) is 0 Å². The number of hydrogen-bond acceptors (Lipinski definition) is 4. The van der Waals surface area contributed by atoms with Crippen molar-refractivity contribution < 1.29 is 9.53 Å². The second kappa shape index (κ2) is 4.66. The first-order chi connectivity index (χ1) is 9.44. The van der Waals surface area contributed by atoms with Gasteiger partial charge in [-0.25, -0.2) is 0 Å². The average molecular weight is 275 g/mol. The van der Waals surface area contributed by atoms with Gasteiger partial charge in [0.25, 0.3) is 0 Å². The normalized spacial score (nSPS) is 21.3. The van der Waals surface area contributed by atoms with Crippen molar-refractivity contribution in [2.75, 3.05) is 35.6 Å². The Balaban J connectivity index is 1.93. The first-order valence-corrected chi connectivity index (χ1v) is 7.06. The Labute approximate surface area is 119 Å². The van der Waals surface area contributed by atoms with Gasteiger partial charge in [0, 0.05) is 25.2 Å². The number of aryl methyl sites for hydroxylation is 1. The fourth-order valence-corrected chi connectivity index (χ4v) is 2.93. The summed E-state index contributed by atoms with van der Waals surface area (Å²) < 4.78 is 5.73. The number of fused-ring (bicyclic) bond motifs is 1. The van der Waals surface area contributed by atoms with Crippen molar-refractivity contribution in [3.63, 3.8) is 0 Å². The van der Waals surface area contributed by atoms with Gasteiger partial charge in [0.15, 0.2) is 0 Å². The lowest BCUT2D eigenvalue weighted by molar-refractivity contribution is -0.116. The smallest absolute Gasteiger partial charge is 0.224 e. The lowest BCUT2D eigenvalue weighted by Gasteiger charge is -2.40. The highest BCUT2D eigenvalue weighted by molar-refractivity contribution is 5.95. The third kappa shape index (κ3) is 2.45. The highest BCUT2D eigenvalue weighted by Crippen LogP contribution is 2.35. The molecule has 20 heavy (non-hydrogen) atoms. The molecule has 3 N–H and O–H groups in total. The number of benzene rings is 1. The van der Waals surface area contributed by atoms with E-state index >= 15 is 0 Å². The molecule has 0 unspecified atom stereocenters. The van der Waals surface area contributed by atoms with E-state index in [9.17, 15) is 4.79 Å². The topological polar surface area (TPSA) is 67.6 Å². The maximum Gasteiger partial charge on any atom is 0.224 e. The summed E-state index contributed by atoms with van der Waals surface area (Å²) in [7, 11) is 0. The van der Waals surface area contributed by atoms with Gasteiger partial charge >= 0.3 is 0 Å². The molecule has 5 heteroatoms. The van der Waals surface area contributed by atoms with Gasteiger partial charge in [-0.1, -0.05) is 0 Å². The Hall–Kier alpha value is -1.75. The minimum atomic E-state index is -0.177. The monoisotopic (exact) mass is 275 g/mol. The number of nitrogen functional groups attached to an aromatic ring is 1. The van der Waals surface area contributed by atoms with E-state index in [0.717, 1.165) is 42.1 Å². The molecule has 0 saturated carbocycles. The van der Waals surface area contributed by atoms with Gasteiger partial charge in [-0.2, -0.15) is 0 Å². The number of carbonyl (C=O) groups excluding carboxylic acids is 1. The standard InChI is InChI=1S/C15H21N3O2/c1-15(2)9-18(5-6-20-15)13-8-12-10(7-11(13)16)3-4-14(19)17-12/h7-8H,3-6,9,16H2,1-2H3,(H,17,19). The lowest BCUT2D eigenvalue weighted by atomic mass is 10.00. The first-order valence-electron chi connectivity index (χ1n) is 7.06. The van der Waals surface area contributed by atoms with Gasteiger partial charge in [-0.05, 0) is 38.0 Å². The summed E-state index contributed by atoms with van der Waals surface area (Å²) in [5, 5.41) is 2.93. The van der Waals surface area contributed by atoms with Crippen molar-refractivity contribution in [1.82, 2.24) is 0 Å². The summed E-state index contributed by atoms with van der Waals surface area (Å²) in [4.78, 5) is 13.8. The number of carbonyl (C=O) groups is 1. The summed E-state index contributed by atoms with van der Waals surface area (Å²) in [6.45, 7) is 6.46. The van der Waals surface area contributed by atoms with Crippen molar-refractivity contribution in [2.45, 2.75) is 32.3 Å². The number of hydrogen-bond donors (Lipinski definition) is 2. The molecular formula is C15H21N3O2. The van der Waals surface area contributed by atoms with Crippen LogP contribution in [-0.4, -0.2) is 31.2 Å². The zero-order chi connectivity index (χ0) is 14.3. The number of nitrogens with zero attached hydrogens (tertiary/aromatic N) is 1. The van der Waals surface area contributed by atoms with Crippen molar-refractivity contribution in [3.8, 4) is 0 Å². The molecule has 1 saturated heterocycles. The second-order valence-corrected chi connectivity index (χ2v) is 6.15. The maximum atomic E-state index is 11.5. The number of amides is 1. The summed E-state index contributed by atoms with van der Waals surface area (Å²) in [6.07, 6.45) is 1.30. The second-order valence-electron chi connectivity index (χ2n) is 6.15. The fourth-order valence-electron chi connectivity index (χ4n) is 2.93. The molecule has 1 aromatic rings. The van der Waals surface area contributed by atoms with E-state index in [-0.39, 0.29) is 11.5 Å². The summed E-state index contributed by atoms with van der Waals surface area (Å²) in [6, 6.07) is 4.00. The molecule has 5 nitrogen and oxygen atoms in total. The molecule has 0 aliphatic carbocycles. The summed E-state index contributed by atoms with van der Waals surface area (Å²) >= 11 is 0. The third-order valence-corrected chi connectivity index (χ3v) is 3.91. The Morgan fingerprint density at radius 2 is 2.15 bits per heavy atom. The van der Waals surface area contributed by atoms with Crippen LogP contribution < -0.4 is 16.0 Å². The van der Waals surface area contributed by atoms with E-state index in [0.29, 0.717) is 13.0 Å². The third-order valence-electron chi connectivity index (χ3n) is 3.91. The molecule has 2 aliphatic heterocycles. The van der Waals surface area contributed by atoms with Crippen LogP contribution in [0.15, 0.2) is 12.1 Å². The molecule has 0 bridgehead atoms. The number of morpholine rings is 1. The lowest BCUT2D eigenvalue weighted by Crippen LogP contribution is -2.48. The molecule has 0 aromatic heterocycles. The fraction of sp³-hybridized carbons (Fsp3) is 0.533. The molecule has 0 radical (unpaired) electrons. The Kier molecular flexibility index (Phi) is 3.09.